The summed E-state index contributed by atoms with van der Waals surface area (Å²) >= 11 is 0. The van der Waals surface area contributed by atoms with Crippen LogP contribution in [0.2, 0.25) is 0 Å². The predicted octanol–water partition coefficient (Wildman–Crippen LogP) is 2.40. The molecule has 132 valence electrons. The van der Waals surface area contributed by atoms with Gasteiger partial charge in [0, 0.05) is 23.4 Å². The Morgan fingerprint density at radius 3 is 2.64 bits per heavy atom. The Bertz CT molecular complexity index is 743. The van der Waals surface area contributed by atoms with E-state index in [1.165, 1.54) is 6.08 Å². The number of esters is 1. The highest BCUT2D eigenvalue weighted by molar-refractivity contribution is 5.89. The highest BCUT2D eigenvalue weighted by Crippen LogP contribution is 2.05. The van der Waals surface area contributed by atoms with Crippen LogP contribution in [0.3, 0.4) is 0 Å². The average molecular weight is 341 g/mol. The fourth-order valence-corrected chi connectivity index (χ4v) is 2.13. The summed E-state index contributed by atoms with van der Waals surface area (Å²) in [6.07, 6.45) is 6.40. The van der Waals surface area contributed by atoms with Crippen molar-refractivity contribution in [2.24, 2.45) is 0 Å². The molecule has 2 aromatic rings. The molecule has 0 unspecified atom stereocenters. The van der Waals surface area contributed by atoms with Gasteiger partial charge in [0.05, 0.1) is 12.7 Å². The minimum atomic E-state index is -0.570. The van der Waals surface area contributed by atoms with Gasteiger partial charge in [0.1, 0.15) is 0 Å². The van der Waals surface area contributed by atoms with E-state index in [-0.39, 0.29) is 18.1 Å². The number of carbonyl (C=O) groups is 2. The number of hydrogen-bond acceptors (Lipinski definition) is 4. The number of ether oxygens (including phenoxy) is 1. The van der Waals surface area contributed by atoms with Crippen LogP contribution in [-0.4, -0.2) is 33.8 Å². The monoisotopic (exact) mass is 341 g/mol. The molecule has 1 aromatic carbocycles. The van der Waals surface area contributed by atoms with Crippen LogP contribution >= 0.6 is 0 Å². The smallest absolute Gasteiger partial charge is 0.331 e. The van der Waals surface area contributed by atoms with Crippen molar-refractivity contribution in [3.05, 3.63) is 59.9 Å². The fraction of sp³-hybridized carbons (Fsp3) is 0.316. The molecule has 2 rings (SSSR count). The van der Waals surface area contributed by atoms with Gasteiger partial charge in [0.15, 0.2) is 6.61 Å². The summed E-state index contributed by atoms with van der Waals surface area (Å²) in [5.41, 5.74) is 1.57. The van der Waals surface area contributed by atoms with Gasteiger partial charge in [0.2, 0.25) is 0 Å². The Balaban J connectivity index is 1.81. The van der Waals surface area contributed by atoms with Gasteiger partial charge in [-0.05, 0) is 32.4 Å². The van der Waals surface area contributed by atoms with Crippen LogP contribution < -0.4 is 5.32 Å². The van der Waals surface area contributed by atoms with Gasteiger partial charge >= 0.3 is 5.97 Å². The summed E-state index contributed by atoms with van der Waals surface area (Å²) in [4.78, 5) is 23.3. The van der Waals surface area contributed by atoms with E-state index < -0.39 is 5.97 Å². The van der Waals surface area contributed by atoms with Crippen molar-refractivity contribution >= 4 is 18.0 Å². The standard InChI is InChI=1S/C19H23N3O3/c1-19(2,3)21-17(23)14-25-18(24)10-9-16-11-20-22(13-16)12-15-7-5-4-6-8-15/h4-11,13H,12,14H2,1-3H3,(H,21,23)/b10-9+. The van der Waals surface area contributed by atoms with Crippen LogP contribution in [0.25, 0.3) is 6.08 Å². The van der Waals surface area contributed by atoms with Crippen molar-refractivity contribution in [2.75, 3.05) is 6.61 Å². The molecular weight excluding hydrogens is 318 g/mol. The molecule has 0 aliphatic rings. The first kappa shape index (κ1) is 18.4. The van der Waals surface area contributed by atoms with Gasteiger partial charge in [-0.15, -0.1) is 0 Å². The molecule has 0 saturated carbocycles. The second kappa shape index (κ2) is 8.28. The van der Waals surface area contributed by atoms with Crippen molar-refractivity contribution in [2.45, 2.75) is 32.9 Å². The Morgan fingerprint density at radius 1 is 1.24 bits per heavy atom. The lowest BCUT2D eigenvalue weighted by Gasteiger charge is -2.20. The predicted molar refractivity (Wildman–Crippen MR) is 95.7 cm³/mol. The van der Waals surface area contributed by atoms with E-state index in [2.05, 4.69) is 10.4 Å². The molecule has 0 aliphatic heterocycles. The lowest BCUT2D eigenvalue weighted by atomic mass is 10.1. The van der Waals surface area contributed by atoms with E-state index in [1.807, 2.05) is 57.3 Å². The molecule has 0 atom stereocenters. The summed E-state index contributed by atoms with van der Waals surface area (Å²) in [5.74, 6) is -0.898. The first-order valence-electron chi connectivity index (χ1n) is 8.04. The van der Waals surface area contributed by atoms with Crippen LogP contribution in [0.15, 0.2) is 48.8 Å². The van der Waals surface area contributed by atoms with E-state index in [0.717, 1.165) is 11.1 Å². The summed E-state index contributed by atoms with van der Waals surface area (Å²) in [7, 11) is 0. The third-order valence-electron chi connectivity index (χ3n) is 3.11. The first-order valence-corrected chi connectivity index (χ1v) is 8.04. The van der Waals surface area contributed by atoms with Crippen LogP contribution in [-0.2, 0) is 20.9 Å². The van der Waals surface area contributed by atoms with Crippen molar-refractivity contribution < 1.29 is 14.3 Å². The van der Waals surface area contributed by atoms with E-state index in [0.29, 0.717) is 6.54 Å². The van der Waals surface area contributed by atoms with Crippen LogP contribution in [0.1, 0.15) is 31.9 Å². The van der Waals surface area contributed by atoms with E-state index in [1.54, 1.807) is 17.0 Å². The number of rotatable bonds is 6. The highest BCUT2D eigenvalue weighted by Gasteiger charge is 2.14. The second-order valence-electron chi connectivity index (χ2n) is 6.70. The largest absolute Gasteiger partial charge is 0.452 e. The molecule has 25 heavy (non-hydrogen) atoms. The molecule has 0 radical (unpaired) electrons. The van der Waals surface area contributed by atoms with Crippen LogP contribution in [0.4, 0.5) is 0 Å². The van der Waals surface area contributed by atoms with Crippen LogP contribution in [0.5, 0.6) is 0 Å². The number of amides is 1. The zero-order chi connectivity index (χ0) is 18.3. The second-order valence-corrected chi connectivity index (χ2v) is 6.70. The summed E-state index contributed by atoms with van der Waals surface area (Å²) in [6.45, 7) is 5.94. The zero-order valence-electron chi connectivity index (χ0n) is 14.7. The SMILES string of the molecule is CC(C)(C)NC(=O)COC(=O)/C=C/c1cnn(Cc2ccccc2)c1. The zero-order valence-corrected chi connectivity index (χ0v) is 14.7. The number of nitrogens with zero attached hydrogens (tertiary/aromatic N) is 2. The molecule has 0 spiro atoms. The van der Waals surface area contributed by atoms with Gasteiger partial charge < -0.3 is 10.1 Å². The molecular formula is C19H23N3O3. The number of carbonyl (C=O) groups excluding carboxylic acids is 2. The van der Waals surface area contributed by atoms with Gasteiger partial charge in [-0.3, -0.25) is 9.48 Å². The fourth-order valence-electron chi connectivity index (χ4n) is 2.13. The molecule has 1 amide bonds. The highest BCUT2D eigenvalue weighted by atomic mass is 16.5. The topological polar surface area (TPSA) is 73.2 Å². The van der Waals surface area contributed by atoms with Crippen molar-refractivity contribution in [3.63, 3.8) is 0 Å². The average Bonchev–Trinajstić information content (AvgIpc) is 2.98. The Hall–Kier alpha value is -2.89. The lowest BCUT2D eigenvalue weighted by Crippen LogP contribution is -2.42. The number of aromatic nitrogens is 2. The van der Waals surface area contributed by atoms with Gasteiger partial charge in [0.25, 0.3) is 5.91 Å². The normalized spacial score (nSPS) is 11.5. The van der Waals surface area contributed by atoms with Crippen molar-refractivity contribution in [1.82, 2.24) is 15.1 Å². The minimum absolute atomic E-state index is 0.298. The Morgan fingerprint density at radius 2 is 1.96 bits per heavy atom. The Kier molecular flexibility index (Phi) is 6.11. The summed E-state index contributed by atoms with van der Waals surface area (Å²) in [5, 5.41) is 6.97. The van der Waals surface area contributed by atoms with Crippen LogP contribution in [0, 0.1) is 0 Å². The van der Waals surface area contributed by atoms with Gasteiger partial charge in [-0.2, -0.15) is 5.10 Å². The molecule has 1 aromatic heterocycles. The maximum absolute atomic E-state index is 11.7. The molecule has 0 aliphatic carbocycles. The first-order chi connectivity index (χ1) is 11.8. The Labute approximate surface area is 147 Å². The molecule has 6 nitrogen and oxygen atoms in total. The molecule has 1 heterocycles. The number of hydrogen-bond donors (Lipinski definition) is 1. The third kappa shape index (κ3) is 7.03. The summed E-state index contributed by atoms with van der Waals surface area (Å²) in [6, 6.07) is 9.97. The van der Waals surface area contributed by atoms with Gasteiger partial charge in [-0.1, -0.05) is 30.3 Å². The van der Waals surface area contributed by atoms with E-state index in [9.17, 15) is 9.59 Å². The molecule has 0 fully saturated rings. The van der Waals surface area contributed by atoms with E-state index in [4.69, 9.17) is 4.74 Å². The maximum Gasteiger partial charge on any atom is 0.331 e. The maximum atomic E-state index is 11.7. The van der Waals surface area contributed by atoms with Gasteiger partial charge in [-0.25, -0.2) is 4.79 Å². The van der Waals surface area contributed by atoms with Crippen molar-refractivity contribution in [3.8, 4) is 0 Å². The number of nitrogens with one attached hydrogen (secondary N) is 1. The molecule has 1 N–H and O–H groups in total. The van der Waals surface area contributed by atoms with Crippen molar-refractivity contribution in [1.29, 1.82) is 0 Å². The minimum Gasteiger partial charge on any atom is -0.452 e. The number of benzene rings is 1. The molecule has 0 bridgehead atoms. The third-order valence-corrected chi connectivity index (χ3v) is 3.11. The summed E-state index contributed by atoms with van der Waals surface area (Å²) < 4.78 is 6.70. The molecule has 0 saturated heterocycles. The molecule has 6 heteroatoms. The lowest BCUT2D eigenvalue weighted by molar-refractivity contribution is -0.144. The quantitative estimate of drug-likeness (QED) is 0.647. The van der Waals surface area contributed by atoms with E-state index >= 15 is 0 Å².